The fraction of sp³-hybridized carbons (Fsp3) is 0.0370. The molecule has 0 aliphatic heterocycles. The zero-order valence-electron chi connectivity index (χ0n) is 31.4. The van der Waals surface area contributed by atoms with Gasteiger partial charge in [-0.3, -0.25) is 0 Å². The number of rotatable bonds is 5. The fourth-order valence-corrected chi connectivity index (χ4v) is 9.25. The fourth-order valence-electron chi connectivity index (χ4n) is 9.25. The highest BCUT2D eigenvalue weighted by Crippen LogP contribution is 2.49. The van der Waals surface area contributed by atoms with E-state index in [0.29, 0.717) is 11.4 Å². The van der Waals surface area contributed by atoms with Gasteiger partial charge in [0.15, 0.2) is 11.4 Å². The van der Waals surface area contributed by atoms with Crippen LogP contribution < -0.4 is 0 Å². The summed E-state index contributed by atoms with van der Waals surface area (Å²) < 4.78 is 8.90. The van der Waals surface area contributed by atoms with Gasteiger partial charge in [0.1, 0.15) is 5.58 Å². The van der Waals surface area contributed by atoms with Gasteiger partial charge in [-0.05, 0) is 77.2 Å². The van der Waals surface area contributed by atoms with Crippen molar-refractivity contribution in [2.75, 3.05) is 0 Å². The molecule has 58 heavy (non-hydrogen) atoms. The Morgan fingerprint density at radius 2 is 1.21 bits per heavy atom. The predicted molar refractivity (Wildman–Crippen MR) is 235 cm³/mol. The number of hydrogen-bond acceptors (Lipinski definition) is 3. The topological polar surface area (TPSA) is 43.9 Å². The number of furan rings is 1. The zero-order chi connectivity index (χ0) is 38.2. The molecule has 1 aliphatic rings. The lowest BCUT2D eigenvalue weighted by Gasteiger charge is -2.28. The number of benzene rings is 7. The van der Waals surface area contributed by atoms with Gasteiger partial charge in [0, 0.05) is 55.4 Å². The van der Waals surface area contributed by atoms with Crippen LogP contribution in [0.15, 0.2) is 186 Å². The van der Waals surface area contributed by atoms with Crippen LogP contribution in [0.2, 0.25) is 0 Å². The van der Waals surface area contributed by atoms with Crippen molar-refractivity contribution in [1.29, 1.82) is 0 Å². The SMILES string of the molecule is c1c(C2Cc3ccc4c(c3-c3ccccc32)c2ccccc2n4-c2ccccc2)cc2c(c#1)oc1cccc(-c3nc(-c4ccccc4)cc(-c4ccccc4)n3)c12. The van der Waals surface area contributed by atoms with Crippen molar-refractivity contribution >= 4 is 43.7 Å². The van der Waals surface area contributed by atoms with Crippen LogP contribution >= 0.6 is 0 Å². The van der Waals surface area contributed by atoms with Gasteiger partial charge in [0.05, 0.1) is 22.4 Å². The van der Waals surface area contributed by atoms with E-state index in [1.54, 1.807) is 0 Å². The van der Waals surface area contributed by atoms with Gasteiger partial charge in [-0.1, -0.05) is 146 Å². The Labute approximate surface area is 335 Å². The average molecular weight is 740 g/mol. The number of nitrogens with zero attached hydrogens (tertiary/aromatic N) is 3. The van der Waals surface area contributed by atoms with E-state index in [-0.39, 0.29) is 5.92 Å². The third-order valence-corrected chi connectivity index (χ3v) is 11.8. The molecule has 4 heteroatoms. The van der Waals surface area contributed by atoms with E-state index in [2.05, 4.69) is 150 Å². The van der Waals surface area contributed by atoms with E-state index in [1.807, 2.05) is 48.5 Å². The smallest absolute Gasteiger partial charge is 0.185 e. The molecule has 0 saturated carbocycles. The Bertz CT molecular complexity index is 3310. The Morgan fingerprint density at radius 3 is 1.98 bits per heavy atom. The largest absolute Gasteiger partial charge is 0.447 e. The van der Waals surface area contributed by atoms with Crippen molar-refractivity contribution in [3.8, 4) is 50.7 Å². The van der Waals surface area contributed by atoms with Gasteiger partial charge in [0.25, 0.3) is 0 Å². The molecule has 3 heterocycles. The molecule has 8 aromatic carbocycles. The molecule has 0 amide bonds. The Morgan fingerprint density at radius 1 is 0.534 bits per heavy atom. The van der Waals surface area contributed by atoms with E-state index in [1.165, 1.54) is 44.1 Å². The minimum absolute atomic E-state index is 0.0729. The molecule has 0 spiro atoms. The number of aromatic nitrogens is 3. The summed E-state index contributed by atoms with van der Waals surface area (Å²) in [7, 11) is 0. The minimum atomic E-state index is 0.0729. The van der Waals surface area contributed by atoms with Crippen molar-refractivity contribution in [3.63, 3.8) is 0 Å². The van der Waals surface area contributed by atoms with Gasteiger partial charge < -0.3 is 8.98 Å². The summed E-state index contributed by atoms with van der Waals surface area (Å²) in [5.74, 6) is 0.724. The van der Waals surface area contributed by atoms with Gasteiger partial charge >= 0.3 is 0 Å². The van der Waals surface area contributed by atoms with E-state index in [4.69, 9.17) is 14.4 Å². The molecule has 3 aromatic heterocycles. The van der Waals surface area contributed by atoms with E-state index in [9.17, 15) is 0 Å². The third-order valence-electron chi connectivity index (χ3n) is 11.8. The van der Waals surface area contributed by atoms with Crippen LogP contribution in [0.3, 0.4) is 0 Å². The van der Waals surface area contributed by atoms with Crippen LogP contribution in [0.5, 0.6) is 0 Å². The maximum Gasteiger partial charge on any atom is 0.185 e. The zero-order valence-corrected chi connectivity index (χ0v) is 31.4. The van der Waals surface area contributed by atoms with Crippen LogP contribution in [0, 0.1) is 12.1 Å². The summed E-state index contributed by atoms with van der Waals surface area (Å²) in [6.07, 6.45) is 0.842. The molecule has 0 bridgehead atoms. The normalized spacial score (nSPS) is 13.5. The van der Waals surface area contributed by atoms with Gasteiger partial charge in [-0.2, -0.15) is 0 Å². The first-order valence-corrected chi connectivity index (χ1v) is 19.8. The molecule has 0 fully saturated rings. The highest BCUT2D eigenvalue weighted by molar-refractivity contribution is 6.17. The van der Waals surface area contributed by atoms with Crippen LogP contribution in [-0.2, 0) is 6.42 Å². The number of para-hydroxylation sites is 2. The standard InChI is InChI=1S/C54H33N3O/c1-4-15-34(16-5-1)45-33-46(35-17-6-2-7-18-35)56-54(55-45)42-24-14-26-50-52(42)44-31-36(28-30-49(44)58-50)43-32-37-27-29-48-53(51(37)40-22-11-10-21-39(40)43)41-23-12-13-25-47(41)57(48)38-19-8-3-9-20-38/h1-27,29,31,33,43H,32H2. The minimum Gasteiger partial charge on any atom is -0.447 e. The Hall–Kier alpha value is -7.74. The third kappa shape index (κ3) is 5.04. The summed E-state index contributed by atoms with van der Waals surface area (Å²) in [6.45, 7) is 0. The second-order valence-electron chi connectivity index (χ2n) is 15.1. The van der Waals surface area contributed by atoms with Crippen molar-refractivity contribution in [3.05, 3.63) is 211 Å². The van der Waals surface area contributed by atoms with E-state index >= 15 is 0 Å². The van der Waals surface area contributed by atoms with Crippen LogP contribution in [0.4, 0.5) is 0 Å². The lowest BCUT2D eigenvalue weighted by atomic mass is 9.74. The monoisotopic (exact) mass is 739 g/mol. The summed E-state index contributed by atoms with van der Waals surface area (Å²) in [5.41, 5.74) is 16.1. The molecule has 0 saturated heterocycles. The van der Waals surface area contributed by atoms with E-state index < -0.39 is 0 Å². The maximum atomic E-state index is 6.50. The lowest BCUT2D eigenvalue weighted by Crippen LogP contribution is -2.12. The van der Waals surface area contributed by atoms with Crippen LogP contribution in [0.1, 0.15) is 22.6 Å². The molecular weight excluding hydrogens is 707 g/mol. The van der Waals surface area contributed by atoms with Crippen molar-refractivity contribution < 1.29 is 4.42 Å². The maximum absolute atomic E-state index is 6.50. The lowest BCUT2D eigenvalue weighted by molar-refractivity contribution is 0.669. The van der Waals surface area contributed by atoms with Crippen molar-refractivity contribution in [2.24, 2.45) is 0 Å². The first-order chi connectivity index (χ1) is 28.8. The molecule has 1 unspecified atom stereocenters. The van der Waals surface area contributed by atoms with Gasteiger partial charge in [0.2, 0.25) is 0 Å². The van der Waals surface area contributed by atoms with E-state index in [0.717, 1.165) is 62.1 Å². The summed E-state index contributed by atoms with van der Waals surface area (Å²) in [6, 6.07) is 71.2. The second kappa shape index (κ2) is 12.9. The molecule has 11 aromatic rings. The number of hydrogen-bond donors (Lipinski definition) is 0. The van der Waals surface area contributed by atoms with Crippen LogP contribution in [-0.4, -0.2) is 14.5 Å². The molecule has 1 aliphatic carbocycles. The summed E-state index contributed by atoms with van der Waals surface area (Å²) in [5, 5.41) is 4.53. The highest BCUT2D eigenvalue weighted by atomic mass is 16.3. The van der Waals surface area contributed by atoms with Gasteiger partial charge in [-0.15, -0.1) is 0 Å². The molecule has 12 rings (SSSR count). The quantitative estimate of drug-likeness (QED) is 0.177. The molecule has 0 radical (unpaired) electrons. The molecule has 0 N–H and O–H groups in total. The average Bonchev–Trinajstić information content (AvgIpc) is 3.85. The van der Waals surface area contributed by atoms with Crippen molar-refractivity contribution in [1.82, 2.24) is 14.5 Å². The molecule has 270 valence electrons. The van der Waals surface area contributed by atoms with Crippen LogP contribution in [0.25, 0.3) is 94.5 Å². The number of fused-ring (bicyclic) bond motifs is 10. The predicted octanol–water partition coefficient (Wildman–Crippen LogP) is 13.4. The molecule has 4 nitrogen and oxygen atoms in total. The Balaban J connectivity index is 1.03. The van der Waals surface area contributed by atoms with Gasteiger partial charge in [-0.25, -0.2) is 9.97 Å². The first kappa shape index (κ1) is 32.5. The summed E-state index contributed by atoms with van der Waals surface area (Å²) in [4.78, 5) is 10.4. The van der Waals surface area contributed by atoms with Crippen molar-refractivity contribution in [2.45, 2.75) is 12.3 Å². The summed E-state index contributed by atoms with van der Waals surface area (Å²) >= 11 is 0. The molecule has 1 atom stereocenters. The highest BCUT2D eigenvalue weighted by Gasteiger charge is 2.30. The Kier molecular flexibility index (Phi) is 7.24. The second-order valence-corrected chi connectivity index (χ2v) is 15.1. The molecular formula is C54H33N3O. The first-order valence-electron chi connectivity index (χ1n) is 19.8.